The molecule has 0 atom stereocenters. The third-order valence-corrected chi connectivity index (χ3v) is 10.9. The van der Waals surface area contributed by atoms with Gasteiger partial charge in [0.15, 0.2) is 0 Å². The molecule has 0 unspecified atom stereocenters. The molecule has 0 bridgehead atoms. The number of fused-ring (bicyclic) bond motifs is 3. The van der Waals surface area contributed by atoms with Crippen molar-refractivity contribution in [1.29, 1.82) is 0 Å². The zero-order chi connectivity index (χ0) is 38.0. The maximum atomic E-state index is 13.1. The summed E-state index contributed by atoms with van der Waals surface area (Å²) >= 11 is 0. The van der Waals surface area contributed by atoms with Crippen molar-refractivity contribution in [2.24, 2.45) is 0 Å². The summed E-state index contributed by atoms with van der Waals surface area (Å²) < 4.78 is 0. The predicted molar refractivity (Wildman–Crippen MR) is 218 cm³/mol. The third kappa shape index (κ3) is 5.71. The average molecular weight is 703 g/mol. The molecule has 54 heavy (non-hydrogen) atoms. The van der Waals surface area contributed by atoms with Crippen molar-refractivity contribution in [2.75, 3.05) is 0 Å². The quantitative estimate of drug-likeness (QED) is 0.173. The van der Waals surface area contributed by atoms with Gasteiger partial charge in [-0.25, -0.2) is 0 Å². The maximum absolute atomic E-state index is 13.1. The van der Waals surface area contributed by atoms with Crippen molar-refractivity contribution < 1.29 is 19.8 Å². The van der Waals surface area contributed by atoms with E-state index in [4.69, 9.17) is 0 Å². The fraction of sp³-hybridized carbons (Fsp3) is 0.120. The molecule has 0 aromatic heterocycles. The number of carboxylic acids is 2. The first-order valence-corrected chi connectivity index (χ1v) is 18.2. The molecule has 0 amide bonds. The molecule has 0 aliphatic rings. The molecule has 0 saturated heterocycles. The Morgan fingerprint density at radius 3 is 1.13 bits per heavy atom. The van der Waals surface area contributed by atoms with Gasteiger partial charge in [0.2, 0.25) is 0 Å². The van der Waals surface area contributed by atoms with E-state index in [1.54, 1.807) is 0 Å². The van der Waals surface area contributed by atoms with Gasteiger partial charge in [-0.2, -0.15) is 0 Å². The predicted octanol–water partition coefficient (Wildman–Crippen LogP) is 10.4. The minimum absolute atomic E-state index is 0.174. The van der Waals surface area contributed by atoms with Crippen molar-refractivity contribution >= 4 is 44.3 Å². The van der Waals surface area contributed by atoms with Gasteiger partial charge in [-0.05, 0) is 153 Å². The van der Waals surface area contributed by atoms with Crippen LogP contribution in [0.2, 0.25) is 0 Å². The van der Waals surface area contributed by atoms with E-state index < -0.39 is 11.9 Å². The smallest absolute Gasteiger partial charge is 0.0728 e. The lowest BCUT2D eigenvalue weighted by Crippen LogP contribution is -2.24. The number of carbonyl (C=O) groups is 2. The molecule has 264 valence electrons. The fourth-order valence-corrected chi connectivity index (χ4v) is 8.87. The summed E-state index contributed by atoms with van der Waals surface area (Å²) in [6, 6.07) is 40.1. The van der Waals surface area contributed by atoms with Crippen LogP contribution < -0.4 is 10.2 Å². The number of aryl methyl sites for hydroxylation is 6. The van der Waals surface area contributed by atoms with E-state index in [1.165, 1.54) is 0 Å². The Morgan fingerprint density at radius 2 is 0.759 bits per heavy atom. The Morgan fingerprint density at radius 1 is 0.389 bits per heavy atom. The number of aromatic carboxylic acids is 2. The van der Waals surface area contributed by atoms with Gasteiger partial charge < -0.3 is 19.8 Å². The van der Waals surface area contributed by atoms with Crippen LogP contribution >= 0.6 is 0 Å². The molecule has 8 rings (SSSR count). The second-order valence-corrected chi connectivity index (χ2v) is 14.7. The van der Waals surface area contributed by atoms with E-state index in [2.05, 4.69) is 36.4 Å². The van der Waals surface area contributed by atoms with Crippen LogP contribution in [-0.2, 0) is 0 Å². The van der Waals surface area contributed by atoms with Crippen molar-refractivity contribution in [3.05, 3.63) is 166 Å². The van der Waals surface area contributed by atoms with Crippen LogP contribution in [0.1, 0.15) is 54.1 Å². The Bertz CT molecular complexity index is 2650. The molecule has 8 aromatic carbocycles. The van der Waals surface area contributed by atoms with Crippen LogP contribution in [0.25, 0.3) is 76.8 Å². The Balaban J connectivity index is 1.34. The molecule has 0 radical (unpaired) electrons. The van der Waals surface area contributed by atoms with Crippen molar-refractivity contribution in [1.82, 2.24) is 0 Å². The van der Waals surface area contributed by atoms with Crippen LogP contribution in [0.4, 0.5) is 0 Å². The van der Waals surface area contributed by atoms with Gasteiger partial charge >= 0.3 is 0 Å². The van der Waals surface area contributed by atoms with Gasteiger partial charge in [0, 0.05) is 11.1 Å². The minimum Gasteiger partial charge on any atom is -0.545 e. The highest BCUT2D eigenvalue weighted by atomic mass is 16.4. The molecule has 0 N–H and O–H groups in total. The molecular formula is C50H38O4-2. The number of carbonyl (C=O) groups excluding carboxylic acids is 2. The van der Waals surface area contributed by atoms with Gasteiger partial charge in [-0.15, -0.1) is 0 Å². The second kappa shape index (κ2) is 13.2. The molecule has 8 aromatic rings. The minimum atomic E-state index is -1.22. The molecule has 0 heterocycles. The molecule has 0 fully saturated rings. The van der Waals surface area contributed by atoms with Gasteiger partial charge in [0.25, 0.3) is 0 Å². The highest BCUT2D eigenvalue weighted by molar-refractivity contribution is 6.16. The van der Waals surface area contributed by atoms with E-state index in [0.717, 1.165) is 88.3 Å². The highest BCUT2D eigenvalue weighted by Gasteiger charge is 2.20. The first-order chi connectivity index (χ1) is 25.9. The monoisotopic (exact) mass is 702 g/mol. The van der Waals surface area contributed by atoms with Gasteiger partial charge in [-0.1, -0.05) is 120 Å². The van der Waals surface area contributed by atoms with Gasteiger partial charge in [-0.3, -0.25) is 0 Å². The molecule has 4 nitrogen and oxygen atoms in total. The summed E-state index contributed by atoms with van der Waals surface area (Å²) in [6.45, 7) is 12.1. The molecule has 4 heteroatoms. The lowest BCUT2D eigenvalue weighted by Gasteiger charge is -2.21. The first kappa shape index (κ1) is 34.6. The number of hydrogen-bond acceptors (Lipinski definition) is 4. The van der Waals surface area contributed by atoms with Gasteiger partial charge in [0.1, 0.15) is 0 Å². The lowest BCUT2D eigenvalue weighted by molar-refractivity contribution is -0.255. The molecular weight excluding hydrogens is 665 g/mol. The van der Waals surface area contributed by atoms with Crippen molar-refractivity contribution in [2.45, 2.75) is 41.5 Å². The molecule has 0 aliphatic heterocycles. The van der Waals surface area contributed by atoms with Crippen LogP contribution in [0.5, 0.6) is 0 Å². The SMILES string of the molecule is Cc1cc(C)c(-c2ccc3cccc(-c4ccc5ccc(-c6cccc7ccc(-c8c(C)cc(C)cc8C)c(C(=O)[O-])c67)cc5c4)c3c2C(=O)[O-])c(C)c1. The Labute approximate surface area is 315 Å². The average Bonchev–Trinajstić information content (AvgIpc) is 3.12. The summed E-state index contributed by atoms with van der Waals surface area (Å²) in [5.74, 6) is -2.44. The van der Waals surface area contributed by atoms with Gasteiger partial charge in [0.05, 0.1) is 11.9 Å². The van der Waals surface area contributed by atoms with Crippen LogP contribution in [0.3, 0.4) is 0 Å². The number of benzene rings is 8. The maximum Gasteiger partial charge on any atom is 0.0728 e. The van der Waals surface area contributed by atoms with E-state index in [9.17, 15) is 19.8 Å². The summed E-state index contributed by atoms with van der Waals surface area (Å²) in [5, 5.41) is 31.0. The second-order valence-electron chi connectivity index (χ2n) is 14.7. The van der Waals surface area contributed by atoms with Crippen LogP contribution in [0, 0.1) is 41.5 Å². The third-order valence-electron chi connectivity index (χ3n) is 10.9. The summed E-state index contributed by atoms with van der Waals surface area (Å²) in [4.78, 5) is 26.2. The molecule has 0 spiro atoms. The fourth-order valence-electron chi connectivity index (χ4n) is 8.87. The van der Waals surface area contributed by atoms with E-state index in [0.29, 0.717) is 21.9 Å². The topological polar surface area (TPSA) is 80.3 Å². The normalized spacial score (nSPS) is 11.4. The highest BCUT2D eigenvalue weighted by Crippen LogP contribution is 2.42. The standard InChI is InChI=1S/C50H40O4/c1-27-21-29(3)43(30(4)22-27)41-19-17-34-9-7-11-39(45(34)47(41)49(51)52)36-15-13-33-14-16-37(26-38(33)25-36)40-12-8-10-35-18-20-42(48(46(35)40)50(53)54)44-31(5)23-28(2)24-32(44)6/h7-26H,1-6H3,(H,51,52)(H,53,54)/p-2. The lowest BCUT2D eigenvalue weighted by atomic mass is 9.85. The Kier molecular flexibility index (Phi) is 8.42. The van der Waals surface area contributed by atoms with E-state index in [-0.39, 0.29) is 11.1 Å². The van der Waals surface area contributed by atoms with E-state index in [1.807, 2.05) is 126 Å². The molecule has 0 aliphatic carbocycles. The van der Waals surface area contributed by atoms with E-state index >= 15 is 0 Å². The summed E-state index contributed by atoms with van der Waals surface area (Å²) in [7, 11) is 0. The molecule has 0 saturated carbocycles. The zero-order valence-electron chi connectivity index (χ0n) is 31.2. The zero-order valence-corrected chi connectivity index (χ0v) is 31.2. The summed E-state index contributed by atoms with van der Waals surface area (Å²) in [6.07, 6.45) is 0. The van der Waals surface area contributed by atoms with Crippen molar-refractivity contribution in [3.8, 4) is 44.5 Å². The first-order valence-electron chi connectivity index (χ1n) is 18.2. The van der Waals surface area contributed by atoms with Crippen LogP contribution in [-0.4, -0.2) is 11.9 Å². The van der Waals surface area contributed by atoms with Crippen molar-refractivity contribution in [3.63, 3.8) is 0 Å². The largest absolute Gasteiger partial charge is 0.545 e. The Hall–Kier alpha value is -6.52. The number of rotatable bonds is 6. The van der Waals surface area contributed by atoms with Crippen LogP contribution in [0.15, 0.2) is 121 Å². The summed E-state index contributed by atoms with van der Waals surface area (Å²) in [5.41, 5.74) is 13.0. The number of hydrogen-bond donors (Lipinski definition) is 0. The number of carboxylic acid groups (broad SMARTS) is 2.